The molecule has 266 valence electrons. The minimum Gasteiger partial charge on any atom is -0.455 e. The summed E-state index contributed by atoms with van der Waals surface area (Å²) in [6.07, 6.45) is 0. The van der Waals surface area contributed by atoms with E-state index in [0.29, 0.717) is 17.5 Å². The minimum atomic E-state index is 0.586. The maximum atomic E-state index is 6.89. The Morgan fingerprint density at radius 1 is 0.298 bits per heavy atom. The summed E-state index contributed by atoms with van der Waals surface area (Å²) in [5, 5.41) is 6.76. The molecule has 0 spiro atoms. The van der Waals surface area contributed by atoms with Crippen molar-refractivity contribution >= 4 is 43.5 Å². The lowest BCUT2D eigenvalue weighted by Crippen LogP contribution is -2.00. The Morgan fingerprint density at radius 2 is 0.807 bits per heavy atom. The quantitative estimate of drug-likeness (QED) is 0.171. The van der Waals surface area contributed by atoms with Crippen molar-refractivity contribution in [3.05, 3.63) is 200 Å². The highest BCUT2D eigenvalue weighted by atomic mass is 16.3. The maximum absolute atomic E-state index is 6.89. The van der Waals surface area contributed by atoms with E-state index in [2.05, 4.69) is 152 Å². The summed E-state index contributed by atoms with van der Waals surface area (Å²) in [4.78, 5) is 15.4. The molecule has 4 nitrogen and oxygen atoms in total. The molecule has 2 aromatic heterocycles. The van der Waals surface area contributed by atoms with E-state index < -0.39 is 0 Å². The first-order chi connectivity index (χ1) is 28.2. The highest BCUT2D eigenvalue weighted by Crippen LogP contribution is 2.43. The first-order valence-corrected chi connectivity index (χ1v) is 19.2. The zero-order valence-electron chi connectivity index (χ0n) is 30.8. The van der Waals surface area contributed by atoms with Crippen molar-refractivity contribution < 1.29 is 4.42 Å². The van der Waals surface area contributed by atoms with E-state index in [-0.39, 0.29) is 0 Å². The lowest BCUT2D eigenvalue weighted by molar-refractivity contribution is 0.670. The summed E-state index contributed by atoms with van der Waals surface area (Å²) < 4.78 is 6.89. The molecule has 9 aromatic carbocycles. The number of nitrogens with zero attached hydrogens (tertiary/aromatic N) is 3. The van der Waals surface area contributed by atoms with Crippen LogP contribution >= 0.6 is 0 Å². The first-order valence-electron chi connectivity index (χ1n) is 19.2. The standard InChI is InChI=1S/C53H33N3O/c1-3-12-34(13-4-1)37-22-26-39(27-23-37)52-54-51(38-16-5-2-6-17-38)55-53(56-52)45-20-11-21-48-49(45)47-33-44(42-28-24-35-14-7-9-18-40(35)30-42)32-46(50(47)57-48)43-29-25-36-15-8-10-19-41(36)31-43/h1-33H. The number of benzene rings is 9. The predicted octanol–water partition coefficient (Wildman–Crippen LogP) is 14.1. The fraction of sp³-hybridized carbons (Fsp3) is 0. The molecule has 2 heterocycles. The molecule has 57 heavy (non-hydrogen) atoms. The van der Waals surface area contributed by atoms with Crippen LogP contribution in [-0.2, 0) is 0 Å². The molecule has 0 saturated heterocycles. The van der Waals surface area contributed by atoms with Crippen molar-refractivity contribution in [1.82, 2.24) is 15.0 Å². The van der Waals surface area contributed by atoms with Gasteiger partial charge in [-0.25, -0.2) is 15.0 Å². The Bertz CT molecular complexity index is 3280. The smallest absolute Gasteiger partial charge is 0.164 e. The van der Waals surface area contributed by atoms with Gasteiger partial charge in [-0.1, -0.05) is 170 Å². The second kappa shape index (κ2) is 13.6. The monoisotopic (exact) mass is 727 g/mol. The van der Waals surface area contributed by atoms with Gasteiger partial charge < -0.3 is 4.42 Å². The van der Waals surface area contributed by atoms with Crippen LogP contribution in [0.1, 0.15) is 0 Å². The van der Waals surface area contributed by atoms with Crippen LogP contribution < -0.4 is 0 Å². The molecule has 0 amide bonds. The van der Waals surface area contributed by atoms with Gasteiger partial charge in [-0.2, -0.15) is 0 Å². The van der Waals surface area contributed by atoms with Crippen LogP contribution in [0.5, 0.6) is 0 Å². The Labute approximate surface area is 329 Å². The lowest BCUT2D eigenvalue weighted by Gasteiger charge is -2.11. The Hall–Kier alpha value is -7.69. The third kappa shape index (κ3) is 5.92. The number of furan rings is 1. The number of rotatable bonds is 6. The van der Waals surface area contributed by atoms with Crippen molar-refractivity contribution in [2.45, 2.75) is 0 Å². The lowest BCUT2D eigenvalue weighted by atomic mass is 9.93. The maximum Gasteiger partial charge on any atom is 0.164 e. The van der Waals surface area contributed by atoms with Gasteiger partial charge in [0.2, 0.25) is 0 Å². The normalized spacial score (nSPS) is 11.5. The molecule has 4 heteroatoms. The third-order valence-corrected chi connectivity index (χ3v) is 10.9. The van der Waals surface area contributed by atoms with Gasteiger partial charge in [-0.3, -0.25) is 0 Å². The van der Waals surface area contributed by atoms with Gasteiger partial charge in [0, 0.05) is 33.0 Å². The largest absolute Gasteiger partial charge is 0.455 e. The van der Waals surface area contributed by atoms with Crippen LogP contribution in [0, 0.1) is 0 Å². The topological polar surface area (TPSA) is 51.8 Å². The average molecular weight is 728 g/mol. The molecule has 11 aromatic rings. The number of fused-ring (bicyclic) bond motifs is 5. The summed E-state index contributed by atoms with van der Waals surface area (Å²) in [6.45, 7) is 0. The molecule has 0 bridgehead atoms. The molecular weight excluding hydrogens is 695 g/mol. The van der Waals surface area contributed by atoms with Crippen molar-refractivity contribution in [1.29, 1.82) is 0 Å². The van der Waals surface area contributed by atoms with Gasteiger partial charge in [-0.05, 0) is 79.7 Å². The zero-order chi connectivity index (χ0) is 37.7. The Balaban J connectivity index is 1.15. The minimum absolute atomic E-state index is 0.586. The number of aromatic nitrogens is 3. The van der Waals surface area contributed by atoms with Crippen LogP contribution in [-0.4, -0.2) is 15.0 Å². The second-order valence-electron chi connectivity index (χ2n) is 14.4. The van der Waals surface area contributed by atoms with E-state index in [0.717, 1.165) is 72.0 Å². The Morgan fingerprint density at radius 3 is 1.49 bits per heavy atom. The molecule has 0 fully saturated rings. The van der Waals surface area contributed by atoms with Gasteiger partial charge in [-0.15, -0.1) is 0 Å². The van der Waals surface area contributed by atoms with Crippen LogP contribution in [0.25, 0.3) is 111 Å². The number of hydrogen-bond acceptors (Lipinski definition) is 4. The average Bonchev–Trinajstić information content (AvgIpc) is 3.68. The van der Waals surface area contributed by atoms with Crippen molar-refractivity contribution in [3.8, 4) is 67.5 Å². The SMILES string of the molecule is c1ccc(-c2ccc(-c3nc(-c4ccccc4)nc(-c4cccc5oc6c(-c7ccc8ccccc8c7)cc(-c7ccc8ccccc8c7)cc6c45)n3)cc2)cc1. The highest BCUT2D eigenvalue weighted by Gasteiger charge is 2.21. The third-order valence-electron chi connectivity index (χ3n) is 10.9. The van der Waals surface area contributed by atoms with Crippen molar-refractivity contribution in [3.63, 3.8) is 0 Å². The second-order valence-corrected chi connectivity index (χ2v) is 14.4. The summed E-state index contributed by atoms with van der Waals surface area (Å²) >= 11 is 0. The summed E-state index contributed by atoms with van der Waals surface area (Å²) in [5.74, 6) is 1.81. The summed E-state index contributed by atoms with van der Waals surface area (Å²) in [5.41, 5.74) is 11.0. The molecule has 0 aliphatic carbocycles. The van der Waals surface area contributed by atoms with E-state index >= 15 is 0 Å². The zero-order valence-corrected chi connectivity index (χ0v) is 30.8. The van der Waals surface area contributed by atoms with E-state index in [1.807, 2.05) is 48.5 Å². The van der Waals surface area contributed by atoms with Crippen LogP contribution in [0.3, 0.4) is 0 Å². The van der Waals surface area contributed by atoms with Gasteiger partial charge in [0.1, 0.15) is 11.2 Å². The van der Waals surface area contributed by atoms with E-state index in [1.54, 1.807) is 0 Å². The molecule has 0 saturated carbocycles. The van der Waals surface area contributed by atoms with Gasteiger partial charge in [0.05, 0.1) is 0 Å². The van der Waals surface area contributed by atoms with Crippen molar-refractivity contribution in [2.75, 3.05) is 0 Å². The van der Waals surface area contributed by atoms with Crippen LogP contribution in [0.4, 0.5) is 0 Å². The Kier molecular flexibility index (Phi) is 7.78. The van der Waals surface area contributed by atoms with Crippen LogP contribution in [0.15, 0.2) is 205 Å². The molecule has 0 atom stereocenters. The molecule has 0 aliphatic rings. The highest BCUT2D eigenvalue weighted by molar-refractivity contribution is 6.16. The number of hydrogen-bond donors (Lipinski definition) is 0. The van der Waals surface area contributed by atoms with Gasteiger partial charge in [0.15, 0.2) is 17.5 Å². The molecule has 0 aliphatic heterocycles. The molecule has 0 unspecified atom stereocenters. The first kappa shape index (κ1) is 32.7. The van der Waals surface area contributed by atoms with E-state index in [1.165, 1.54) is 21.5 Å². The van der Waals surface area contributed by atoms with Crippen molar-refractivity contribution in [2.24, 2.45) is 0 Å². The fourth-order valence-corrected chi connectivity index (χ4v) is 8.01. The summed E-state index contributed by atoms with van der Waals surface area (Å²) in [6, 6.07) is 70.0. The van der Waals surface area contributed by atoms with E-state index in [4.69, 9.17) is 19.4 Å². The van der Waals surface area contributed by atoms with Crippen LogP contribution in [0.2, 0.25) is 0 Å². The van der Waals surface area contributed by atoms with Gasteiger partial charge in [0.25, 0.3) is 0 Å². The van der Waals surface area contributed by atoms with E-state index in [9.17, 15) is 0 Å². The van der Waals surface area contributed by atoms with Gasteiger partial charge >= 0.3 is 0 Å². The fourth-order valence-electron chi connectivity index (χ4n) is 8.01. The molecule has 11 rings (SSSR count). The molecule has 0 N–H and O–H groups in total. The predicted molar refractivity (Wildman–Crippen MR) is 235 cm³/mol. The summed E-state index contributed by atoms with van der Waals surface area (Å²) in [7, 11) is 0. The molecular formula is C53H33N3O. The molecule has 0 radical (unpaired) electrons.